The summed E-state index contributed by atoms with van der Waals surface area (Å²) in [7, 11) is 5.17. The van der Waals surface area contributed by atoms with Crippen LogP contribution in [0.15, 0.2) is 59.1 Å². The SMILES string of the molecule is COc1ccc(OC)c(C(C)NC(=O)CN(C)CCCc2cc(-c3ccccc3)no2)c1. The first kappa shape index (κ1) is 23.3. The second kappa shape index (κ2) is 11.3. The van der Waals surface area contributed by atoms with Crippen molar-refractivity contribution in [3.8, 4) is 22.8 Å². The molecule has 0 saturated heterocycles. The molecule has 1 unspecified atom stereocenters. The lowest BCUT2D eigenvalue weighted by Gasteiger charge is -2.21. The van der Waals surface area contributed by atoms with Crippen molar-refractivity contribution in [2.45, 2.75) is 25.8 Å². The van der Waals surface area contributed by atoms with Crippen LogP contribution < -0.4 is 14.8 Å². The molecule has 1 heterocycles. The Labute approximate surface area is 189 Å². The molecule has 0 aliphatic rings. The van der Waals surface area contributed by atoms with E-state index >= 15 is 0 Å². The predicted octanol–water partition coefficient (Wildman–Crippen LogP) is 4.10. The number of nitrogens with zero attached hydrogens (tertiary/aromatic N) is 2. The van der Waals surface area contributed by atoms with Crippen LogP contribution in [0.2, 0.25) is 0 Å². The summed E-state index contributed by atoms with van der Waals surface area (Å²) in [5, 5.41) is 7.19. The molecule has 1 amide bonds. The molecule has 0 radical (unpaired) electrons. The normalized spacial score (nSPS) is 11.9. The standard InChI is InChI=1S/C25H31N3O4/c1-18(22-15-20(30-3)12-13-24(22)31-4)26-25(29)17-28(2)14-8-11-21-16-23(27-32-21)19-9-6-5-7-10-19/h5-7,9-10,12-13,15-16,18H,8,11,14,17H2,1-4H3,(H,26,29). The number of carbonyl (C=O) groups is 1. The average molecular weight is 438 g/mol. The topological polar surface area (TPSA) is 76.8 Å². The predicted molar refractivity (Wildman–Crippen MR) is 124 cm³/mol. The van der Waals surface area contributed by atoms with Gasteiger partial charge in [0.05, 0.1) is 26.8 Å². The molecule has 7 heteroatoms. The van der Waals surface area contributed by atoms with Crippen LogP contribution in [0, 0.1) is 0 Å². The fourth-order valence-corrected chi connectivity index (χ4v) is 3.57. The molecule has 0 aliphatic heterocycles. The second-order valence-electron chi connectivity index (χ2n) is 7.78. The van der Waals surface area contributed by atoms with E-state index in [-0.39, 0.29) is 11.9 Å². The minimum absolute atomic E-state index is 0.0455. The highest BCUT2D eigenvalue weighted by Crippen LogP contribution is 2.29. The summed E-state index contributed by atoms with van der Waals surface area (Å²) in [6.07, 6.45) is 1.63. The number of methoxy groups -OCH3 is 2. The number of hydrogen-bond acceptors (Lipinski definition) is 6. The van der Waals surface area contributed by atoms with Gasteiger partial charge in [-0.1, -0.05) is 35.5 Å². The summed E-state index contributed by atoms with van der Waals surface area (Å²) >= 11 is 0. The van der Waals surface area contributed by atoms with Crippen molar-refractivity contribution < 1.29 is 18.8 Å². The monoisotopic (exact) mass is 437 g/mol. The van der Waals surface area contributed by atoms with Crippen LogP contribution in [0.3, 0.4) is 0 Å². The molecule has 170 valence electrons. The van der Waals surface area contributed by atoms with Gasteiger partial charge in [-0.25, -0.2) is 0 Å². The van der Waals surface area contributed by atoms with Crippen LogP contribution in [-0.4, -0.2) is 50.3 Å². The number of nitrogens with one attached hydrogen (secondary N) is 1. The van der Waals surface area contributed by atoms with E-state index in [4.69, 9.17) is 14.0 Å². The van der Waals surface area contributed by atoms with Gasteiger partial charge in [0.25, 0.3) is 0 Å². The highest BCUT2D eigenvalue weighted by molar-refractivity contribution is 5.78. The van der Waals surface area contributed by atoms with E-state index in [0.717, 1.165) is 47.7 Å². The van der Waals surface area contributed by atoms with Crippen LogP contribution >= 0.6 is 0 Å². The zero-order valence-corrected chi connectivity index (χ0v) is 19.1. The molecule has 0 fully saturated rings. The number of aryl methyl sites for hydroxylation is 1. The van der Waals surface area contributed by atoms with Crippen molar-refractivity contribution in [2.75, 3.05) is 34.4 Å². The smallest absolute Gasteiger partial charge is 0.234 e. The number of likely N-dealkylation sites (N-methyl/N-ethyl adjacent to an activating group) is 1. The molecule has 0 bridgehead atoms. The molecule has 3 aromatic rings. The van der Waals surface area contributed by atoms with E-state index in [1.165, 1.54) is 0 Å². The number of rotatable bonds is 11. The Kier molecular flexibility index (Phi) is 8.27. The maximum Gasteiger partial charge on any atom is 0.234 e. The fourth-order valence-electron chi connectivity index (χ4n) is 3.57. The van der Waals surface area contributed by atoms with Crippen molar-refractivity contribution in [1.82, 2.24) is 15.4 Å². The van der Waals surface area contributed by atoms with Crippen molar-refractivity contribution in [2.24, 2.45) is 0 Å². The van der Waals surface area contributed by atoms with Gasteiger partial charge < -0.3 is 19.3 Å². The molecule has 1 atom stereocenters. The number of hydrogen-bond donors (Lipinski definition) is 1. The number of benzene rings is 2. The van der Waals surface area contributed by atoms with Crippen LogP contribution in [0.25, 0.3) is 11.3 Å². The lowest BCUT2D eigenvalue weighted by molar-refractivity contribution is -0.122. The highest BCUT2D eigenvalue weighted by atomic mass is 16.5. The van der Waals surface area contributed by atoms with E-state index in [9.17, 15) is 4.79 Å². The molecule has 0 saturated carbocycles. The van der Waals surface area contributed by atoms with Gasteiger partial charge >= 0.3 is 0 Å². The summed E-state index contributed by atoms with van der Waals surface area (Å²) in [4.78, 5) is 14.5. The summed E-state index contributed by atoms with van der Waals surface area (Å²) in [5.41, 5.74) is 2.76. The van der Waals surface area contributed by atoms with Crippen LogP contribution in [0.4, 0.5) is 0 Å². The quantitative estimate of drug-likeness (QED) is 0.487. The largest absolute Gasteiger partial charge is 0.497 e. The Hall–Kier alpha value is -3.32. The van der Waals surface area contributed by atoms with Gasteiger partial charge in [-0.3, -0.25) is 9.69 Å². The van der Waals surface area contributed by atoms with Crippen molar-refractivity contribution in [3.63, 3.8) is 0 Å². The summed E-state index contributed by atoms with van der Waals surface area (Å²) in [5.74, 6) is 2.24. The molecular weight excluding hydrogens is 406 g/mol. The van der Waals surface area contributed by atoms with Gasteiger partial charge in [-0.15, -0.1) is 0 Å². The first-order valence-corrected chi connectivity index (χ1v) is 10.7. The Morgan fingerprint density at radius 2 is 1.91 bits per heavy atom. The minimum atomic E-state index is -0.202. The maximum absolute atomic E-state index is 12.5. The van der Waals surface area contributed by atoms with Gasteiger partial charge in [0.2, 0.25) is 5.91 Å². The second-order valence-corrected chi connectivity index (χ2v) is 7.78. The number of carbonyl (C=O) groups excluding carboxylic acids is 1. The first-order chi connectivity index (χ1) is 15.5. The molecule has 3 rings (SSSR count). The van der Waals surface area contributed by atoms with Gasteiger partial charge in [-0.2, -0.15) is 0 Å². The summed E-state index contributed by atoms with van der Waals surface area (Å²) in [6.45, 7) is 3.01. The Morgan fingerprint density at radius 3 is 2.62 bits per heavy atom. The van der Waals surface area contributed by atoms with Gasteiger partial charge in [-0.05, 0) is 45.1 Å². The third kappa shape index (κ3) is 6.34. The van der Waals surface area contributed by atoms with Crippen LogP contribution in [0.5, 0.6) is 11.5 Å². The molecular formula is C25H31N3O4. The van der Waals surface area contributed by atoms with Gasteiger partial charge in [0.1, 0.15) is 23.0 Å². The number of aromatic nitrogens is 1. The lowest BCUT2D eigenvalue weighted by atomic mass is 10.1. The Morgan fingerprint density at radius 1 is 1.12 bits per heavy atom. The van der Waals surface area contributed by atoms with E-state index in [1.54, 1.807) is 14.2 Å². The van der Waals surface area contributed by atoms with Gasteiger partial charge in [0.15, 0.2) is 0 Å². The lowest BCUT2D eigenvalue weighted by Crippen LogP contribution is -2.37. The maximum atomic E-state index is 12.5. The summed E-state index contributed by atoms with van der Waals surface area (Å²) < 4.78 is 16.2. The molecule has 2 aromatic carbocycles. The van der Waals surface area contributed by atoms with E-state index < -0.39 is 0 Å². The molecule has 7 nitrogen and oxygen atoms in total. The highest BCUT2D eigenvalue weighted by Gasteiger charge is 2.16. The van der Waals surface area contributed by atoms with Crippen LogP contribution in [-0.2, 0) is 11.2 Å². The fraction of sp³-hybridized carbons (Fsp3) is 0.360. The summed E-state index contributed by atoms with van der Waals surface area (Å²) in [6, 6.07) is 17.3. The third-order valence-electron chi connectivity index (χ3n) is 5.29. The Bertz CT molecular complexity index is 1000. The minimum Gasteiger partial charge on any atom is -0.497 e. The Balaban J connectivity index is 1.45. The van der Waals surface area contributed by atoms with Crippen molar-refractivity contribution in [1.29, 1.82) is 0 Å². The van der Waals surface area contributed by atoms with Crippen molar-refractivity contribution in [3.05, 3.63) is 65.9 Å². The van der Waals surface area contributed by atoms with E-state index in [0.29, 0.717) is 12.3 Å². The molecule has 32 heavy (non-hydrogen) atoms. The van der Waals surface area contributed by atoms with E-state index in [2.05, 4.69) is 10.5 Å². The zero-order chi connectivity index (χ0) is 22.9. The van der Waals surface area contributed by atoms with Crippen molar-refractivity contribution >= 4 is 5.91 Å². The molecule has 1 N–H and O–H groups in total. The van der Waals surface area contributed by atoms with Crippen LogP contribution in [0.1, 0.15) is 30.7 Å². The average Bonchev–Trinajstić information content (AvgIpc) is 3.28. The first-order valence-electron chi connectivity index (χ1n) is 10.7. The zero-order valence-electron chi connectivity index (χ0n) is 19.1. The third-order valence-corrected chi connectivity index (χ3v) is 5.29. The van der Waals surface area contributed by atoms with Gasteiger partial charge in [0, 0.05) is 23.6 Å². The number of amides is 1. The molecule has 1 aromatic heterocycles. The molecule has 0 aliphatic carbocycles. The molecule has 0 spiro atoms. The van der Waals surface area contributed by atoms with E-state index in [1.807, 2.05) is 73.5 Å². The number of ether oxygens (including phenoxy) is 2.